The molecule has 0 saturated carbocycles. The molecule has 0 radical (unpaired) electrons. The van der Waals surface area contributed by atoms with E-state index in [0.29, 0.717) is 59.3 Å². The van der Waals surface area contributed by atoms with Crippen molar-refractivity contribution < 1.29 is 19.4 Å². The van der Waals surface area contributed by atoms with Gasteiger partial charge in [-0.2, -0.15) is 0 Å². The second-order valence-electron chi connectivity index (χ2n) is 10.5. The second kappa shape index (κ2) is 12.7. The van der Waals surface area contributed by atoms with Gasteiger partial charge in [0.05, 0.1) is 34.5 Å². The molecule has 0 aliphatic carbocycles. The van der Waals surface area contributed by atoms with Gasteiger partial charge in [0.2, 0.25) is 5.88 Å². The number of carboxylic acids is 1. The Morgan fingerprint density at radius 3 is 2.39 bits per heavy atom. The fraction of sp³-hybridized carbons (Fsp3) is 0.258. The summed E-state index contributed by atoms with van der Waals surface area (Å²) in [6, 6.07) is 14.2. The molecule has 4 aromatic rings. The zero-order valence-corrected chi connectivity index (χ0v) is 25.6. The lowest BCUT2D eigenvalue weighted by molar-refractivity contribution is -0.141. The number of methoxy groups -OCH3 is 1. The smallest absolute Gasteiger partial charge is 0.330 e. The Bertz CT molecular complexity index is 1900. The van der Waals surface area contributed by atoms with E-state index < -0.39 is 23.1 Å². The van der Waals surface area contributed by atoms with Crippen LogP contribution in [0.2, 0.25) is 10.0 Å². The van der Waals surface area contributed by atoms with Gasteiger partial charge in [0, 0.05) is 55.6 Å². The minimum Gasteiger partial charge on any atom is -0.481 e. The van der Waals surface area contributed by atoms with E-state index in [9.17, 15) is 24.3 Å². The average molecular weight is 639 g/mol. The Morgan fingerprint density at radius 2 is 1.70 bits per heavy atom. The van der Waals surface area contributed by atoms with Gasteiger partial charge in [-0.25, -0.2) is 9.78 Å². The molecule has 2 N–H and O–H groups in total. The number of aliphatic carboxylic acids is 1. The van der Waals surface area contributed by atoms with Gasteiger partial charge in [-0.05, 0) is 25.1 Å². The number of nitrogens with zero attached hydrogens (tertiary/aromatic N) is 4. The third-order valence-corrected chi connectivity index (χ3v) is 8.47. The fourth-order valence-electron chi connectivity index (χ4n) is 5.26. The van der Waals surface area contributed by atoms with Crippen LogP contribution in [0.4, 0.5) is 5.69 Å². The number of ether oxygens (including phenoxy) is 1. The third kappa shape index (κ3) is 5.99. The summed E-state index contributed by atoms with van der Waals surface area (Å²) in [5.41, 5.74) is 1.90. The second-order valence-corrected chi connectivity index (χ2v) is 11.3. The van der Waals surface area contributed by atoms with Gasteiger partial charge in [0.15, 0.2) is 0 Å². The number of hydrogen-bond acceptors (Lipinski definition) is 7. The molecule has 1 atom stereocenters. The largest absolute Gasteiger partial charge is 0.481 e. The number of aromatic nitrogens is 3. The first-order chi connectivity index (χ1) is 21.0. The van der Waals surface area contributed by atoms with Gasteiger partial charge < -0.3 is 19.7 Å². The first-order valence-corrected chi connectivity index (χ1v) is 14.4. The molecule has 228 valence electrons. The maximum Gasteiger partial charge on any atom is 0.330 e. The number of benzene rings is 2. The number of aryl methyl sites for hydroxylation is 1. The van der Waals surface area contributed by atoms with E-state index in [4.69, 9.17) is 32.9 Å². The predicted molar refractivity (Wildman–Crippen MR) is 168 cm³/mol. The molecule has 0 unspecified atom stereocenters. The van der Waals surface area contributed by atoms with Crippen LogP contribution in [-0.2, 0) is 25.4 Å². The molecule has 0 bridgehead atoms. The van der Waals surface area contributed by atoms with Crippen molar-refractivity contribution in [3.63, 3.8) is 0 Å². The van der Waals surface area contributed by atoms with Crippen LogP contribution in [0, 0.1) is 5.92 Å². The minimum atomic E-state index is -0.787. The zero-order chi connectivity index (χ0) is 31.7. The highest BCUT2D eigenvalue weighted by Crippen LogP contribution is 2.41. The molecule has 2 aromatic heterocycles. The van der Waals surface area contributed by atoms with Crippen molar-refractivity contribution in [3.8, 4) is 28.3 Å². The van der Waals surface area contributed by atoms with Crippen molar-refractivity contribution in [2.45, 2.75) is 13.0 Å². The van der Waals surface area contributed by atoms with E-state index >= 15 is 0 Å². The summed E-state index contributed by atoms with van der Waals surface area (Å²) in [5.74, 6) is -1.47. The summed E-state index contributed by atoms with van der Waals surface area (Å²) in [7, 11) is 4.28. The molecular formula is C31H29Cl2N5O6. The number of carbonyl (C=O) groups is 2. The molecule has 1 saturated heterocycles. The van der Waals surface area contributed by atoms with Gasteiger partial charge in [0.1, 0.15) is 5.56 Å². The minimum absolute atomic E-state index is 0.202. The number of amides is 1. The molecule has 2 aromatic carbocycles. The predicted octanol–water partition coefficient (Wildman–Crippen LogP) is 4.29. The van der Waals surface area contributed by atoms with Crippen LogP contribution in [0.5, 0.6) is 5.88 Å². The highest BCUT2D eigenvalue weighted by Gasteiger charge is 2.28. The highest BCUT2D eigenvalue weighted by atomic mass is 35.5. The Kier molecular flexibility index (Phi) is 8.91. The Morgan fingerprint density at radius 1 is 1.02 bits per heavy atom. The van der Waals surface area contributed by atoms with Crippen LogP contribution in [0.25, 0.3) is 22.4 Å². The SMILES string of the molecule is COc1nc(-c2cccc(-c3cccc(NC(=O)c4cn(C)c(=O)n(C)c4=O)c3Cl)c2Cl)ccc1CN1CC[C@@H](C(=O)O)C1. The van der Waals surface area contributed by atoms with Gasteiger partial charge in [-0.15, -0.1) is 0 Å². The monoisotopic (exact) mass is 637 g/mol. The van der Waals surface area contributed by atoms with Crippen molar-refractivity contribution in [1.82, 2.24) is 19.0 Å². The van der Waals surface area contributed by atoms with E-state index in [1.165, 1.54) is 27.4 Å². The van der Waals surface area contributed by atoms with Crippen LogP contribution in [-0.4, -0.2) is 56.2 Å². The third-order valence-electron chi connectivity index (χ3n) is 7.65. The first kappa shape index (κ1) is 31.0. The number of nitrogens with one attached hydrogen (secondary N) is 1. The van der Waals surface area contributed by atoms with Crippen LogP contribution in [0.3, 0.4) is 0 Å². The molecule has 1 amide bonds. The molecular weight excluding hydrogens is 609 g/mol. The molecule has 13 heteroatoms. The number of rotatable bonds is 8. The van der Waals surface area contributed by atoms with E-state index in [-0.39, 0.29) is 22.2 Å². The molecule has 44 heavy (non-hydrogen) atoms. The number of hydrogen-bond donors (Lipinski definition) is 2. The maximum absolute atomic E-state index is 13.0. The normalized spacial score (nSPS) is 14.9. The highest BCUT2D eigenvalue weighted by molar-refractivity contribution is 6.39. The number of carboxylic acid groups (broad SMARTS) is 1. The summed E-state index contributed by atoms with van der Waals surface area (Å²) >= 11 is 13.7. The van der Waals surface area contributed by atoms with Crippen molar-refractivity contribution in [2.75, 3.05) is 25.5 Å². The zero-order valence-electron chi connectivity index (χ0n) is 24.1. The molecule has 3 heterocycles. The van der Waals surface area contributed by atoms with Crippen LogP contribution in [0.15, 0.2) is 64.3 Å². The number of carbonyl (C=O) groups excluding carboxylic acids is 1. The lowest BCUT2D eigenvalue weighted by atomic mass is 10.00. The topological polar surface area (TPSA) is 136 Å². The van der Waals surface area contributed by atoms with Crippen LogP contribution in [0.1, 0.15) is 22.3 Å². The average Bonchev–Trinajstić information content (AvgIpc) is 3.48. The van der Waals surface area contributed by atoms with Crippen molar-refractivity contribution >= 4 is 40.8 Å². The number of anilines is 1. The van der Waals surface area contributed by atoms with Crippen molar-refractivity contribution in [1.29, 1.82) is 0 Å². The summed E-state index contributed by atoms with van der Waals surface area (Å²) < 4.78 is 7.59. The summed E-state index contributed by atoms with van der Waals surface area (Å²) in [5, 5.41) is 12.6. The Hall–Kier alpha value is -4.45. The van der Waals surface area contributed by atoms with Gasteiger partial charge in [0.25, 0.3) is 11.5 Å². The molecule has 1 aliphatic heterocycles. The molecule has 1 fully saturated rings. The van der Waals surface area contributed by atoms with Gasteiger partial charge in [-0.1, -0.05) is 59.6 Å². The molecule has 11 nitrogen and oxygen atoms in total. The fourth-order valence-corrected chi connectivity index (χ4v) is 5.86. The Labute approximate surface area is 262 Å². The standard InChI is InChI=1S/C31H29Cl2N5O6/c1-36-16-22(29(40)37(2)31(36)43)27(39)34-24-9-5-7-20(26(24)33)19-6-4-8-21(25(19)32)23-11-10-17(28(35-23)44-3)14-38-13-12-18(15-38)30(41)42/h4-11,16,18H,12-15H2,1-3H3,(H,34,39)(H,41,42)/t18-/m1/s1. The number of likely N-dealkylation sites (tertiary alicyclic amines) is 1. The molecule has 1 aliphatic rings. The number of pyridine rings is 1. The first-order valence-electron chi connectivity index (χ1n) is 13.6. The van der Waals surface area contributed by atoms with Crippen molar-refractivity contribution in [3.05, 3.63) is 96.7 Å². The summed E-state index contributed by atoms with van der Waals surface area (Å²) in [6.07, 6.45) is 1.78. The van der Waals surface area contributed by atoms with E-state index in [1.807, 2.05) is 24.3 Å². The summed E-state index contributed by atoms with van der Waals surface area (Å²) in [4.78, 5) is 55.7. The van der Waals surface area contributed by atoms with E-state index in [2.05, 4.69) is 10.2 Å². The maximum atomic E-state index is 13.0. The quantitative estimate of drug-likeness (QED) is 0.292. The van der Waals surface area contributed by atoms with E-state index in [1.54, 1.807) is 24.3 Å². The van der Waals surface area contributed by atoms with Crippen LogP contribution >= 0.6 is 23.2 Å². The summed E-state index contributed by atoms with van der Waals surface area (Å²) in [6.45, 7) is 1.65. The Balaban J connectivity index is 1.43. The van der Waals surface area contributed by atoms with Gasteiger partial charge >= 0.3 is 11.7 Å². The number of halogens is 2. The lowest BCUT2D eigenvalue weighted by Crippen LogP contribution is -2.40. The van der Waals surface area contributed by atoms with E-state index in [0.717, 1.165) is 14.7 Å². The lowest BCUT2D eigenvalue weighted by Gasteiger charge is -2.18. The molecule has 0 spiro atoms. The van der Waals surface area contributed by atoms with Crippen molar-refractivity contribution in [2.24, 2.45) is 20.0 Å². The molecule has 5 rings (SSSR count). The van der Waals surface area contributed by atoms with Gasteiger partial charge in [-0.3, -0.25) is 23.9 Å². The van der Waals surface area contributed by atoms with Crippen LogP contribution < -0.4 is 21.3 Å².